The molecule has 0 bridgehead atoms. The SMILES string of the molecule is COc1ccc(C2(c3cc(NCCC(F)(F)F)c4ncc(-c5ccc(C(=O)NC6CC6)c(C)c5)n4n3)SCCS2)cc1F. The molecule has 6 rings (SSSR count). The molecule has 13 heteroatoms. The van der Waals surface area contributed by atoms with E-state index >= 15 is 0 Å². The van der Waals surface area contributed by atoms with Gasteiger partial charge in [-0.2, -0.15) is 18.3 Å². The average molecular weight is 632 g/mol. The lowest BCUT2D eigenvalue weighted by Crippen LogP contribution is -2.26. The highest BCUT2D eigenvalue weighted by Gasteiger charge is 2.42. The highest BCUT2D eigenvalue weighted by Crippen LogP contribution is 2.56. The number of carbonyl (C=O) groups is 1. The first-order valence-corrected chi connectivity index (χ1v) is 15.8. The molecule has 1 aliphatic carbocycles. The maximum atomic E-state index is 14.9. The van der Waals surface area contributed by atoms with Crippen molar-refractivity contribution in [3.63, 3.8) is 0 Å². The molecular formula is C30H29F4N5O2S2. The number of benzene rings is 2. The highest BCUT2D eigenvalue weighted by molar-refractivity contribution is 8.20. The Morgan fingerprint density at radius 1 is 1.14 bits per heavy atom. The quantitative estimate of drug-likeness (QED) is 0.197. The number of hydrogen-bond donors (Lipinski definition) is 2. The van der Waals surface area contributed by atoms with Gasteiger partial charge in [0.2, 0.25) is 0 Å². The summed E-state index contributed by atoms with van der Waals surface area (Å²) in [7, 11) is 1.40. The van der Waals surface area contributed by atoms with Crippen LogP contribution in [0.5, 0.6) is 5.75 Å². The van der Waals surface area contributed by atoms with E-state index in [-0.39, 0.29) is 24.2 Å². The van der Waals surface area contributed by atoms with Gasteiger partial charge in [0.05, 0.1) is 36.8 Å². The molecule has 226 valence electrons. The van der Waals surface area contributed by atoms with Gasteiger partial charge in [0, 0.05) is 35.2 Å². The summed E-state index contributed by atoms with van der Waals surface area (Å²) in [4.78, 5) is 17.2. The van der Waals surface area contributed by atoms with Gasteiger partial charge in [-0.15, -0.1) is 23.5 Å². The number of alkyl halides is 3. The molecule has 0 spiro atoms. The summed E-state index contributed by atoms with van der Waals surface area (Å²) in [5.41, 5.74) is 4.66. The number of aryl methyl sites for hydroxylation is 1. The monoisotopic (exact) mass is 631 g/mol. The molecule has 2 aromatic heterocycles. The van der Waals surface area contributed by atoms with Crippen molar-refractivity contribution in [2.75, 3.05) is 30.5 Å². The lowest BCUT2D eigenvalue weighted by atomic mass is 10.0. The van der Waals surface area contributed by atoms with Crippen LogP contribution in [-0.2, 0) is 4.08 Å². The van der Waals surface area contributed by atoms with Gasteiger partial charge >= 0.3 is 6.18 Å². The highest BCUT2D eigenvalue weighted by atomic mass is 32.2. The number of ether oxygens (including phenoxy) is 1. The molecule has 43 heavy (non-hydrogen) atoms. The summed E-state index contributed by atoms with van der Waals surface area (Å²) in [6, 6.07) is 12.2. The molecule has 2 aliphatic rings. The van der Waals surface area contributed by atoms with E-state index in [2.05, 4.69) is 15.6 Å². The van der Waals surface area contributed by atoms with Gasteiger partial charge in [0.1, 0.15) is 4.08 Å². The second kappa shape index (κ2) is 11.6. The molecule has 4 aromatic rings. The molecule has 1 amide bonds. The molecule has 0 radical (unpaired) electrons. The number of nitrogens with one attached hydrogen (secondary N) is 2. The molecule has 0 unspecified atom stereocenters. The van der Waals surface area contributed by atoms with Gasteiger partial charge in [0.15, 0.2) is 17.2 Å². The smallest absolute Gasteiger partial charge is 0.390 e. The first-order chi connectivity index (χ1) is 20.6. The first kappa shape index (κ1) is 29.6. The number of amides is 1. The molecule has 2 aromatic carbocycles. The number of rotatable bonds is 9. The van der Waals surface area contributed by atoms with E-state index in [1.165, 1.54) is 13.2 Å². The maximum absolute atomic E-state index is 14.9. The molecule has 1 aliphatic heterocycles. The van der Waals surface area contributed by atoms with Crippen LogP contribution < -0.4 is 15.4 Å². The number of methoxy groups -OCH3 is 1. The number of aromatic nitrogens is 3. The number of carbonyl (C=O) groups excluding carboxylic acids is 1. The number of anilines is 1. The minimum Gasteiger partial charge on any atom is -0.494 e. The van der Waals surface area contributed by atoms with Crippen LogP contribution >= 0.6 is 23.5 Å². The van der Waals surface area contributed by atoms with Gasteiger partial charge in [0.25, 0.3) is 5.91 Å². The summed E-state index contributed by atoms with van der Waals surface area (Å²) >= 11 is 3.18. The van der Waals surface area contributed by atoms with E-state index in [4.69, 9.17) is 9.84 Å². The Morgan fingerprint density at radius 3 is 2.56 bits per heavy atom. The molecule has 3 heterocycles. The standard InChI is InChI=1S/C30H29F4N5O2S2/c1-17-13-18(3-7-21(17)28(40)37-20-5-6-20)24-16-36-27-23(35-10-9-29(32,33)34)15-26(38-39(24)27)30(42-11-12-43-30)19-4-8-25(41-2)22(31)14-19/h3-4,7-8,13-16,20,35H,5-6,9-12H2,1-2H3,(H,37,40). The van der Waals surface area contributed by atoms with Crippen molar-refractivity contribution in [2.45, 2.75) is 42.5 Å². The van der Waals surface area contributed by atoms with Crippen molar-refractivity contribution >= 4 is 40.8 Å². The third kappa shape index (κ3) is 6.01. The van der Waals surface area contributed by atoms with E-state index in [1.54, 1.807) is 58.5 Å². The van der Waals surface area contributed by atoms with Crippen LogP contribution in [-0.4, -0.2) is 57.9 Å². The fraction of sp³-hybridized carbons (Fsp3) is 0.367. The van der Waals surface area contributed by atoms with E-state index in [0.29, 0.717) is 33.8 Å². The van der Waals surface area contributed by atoms with Gasteiger partial charge < -0.3 is 15.4 Å². The normalized spacial score (nSPS) is 16.4. The number of imidazole rings is 1. The zero-order chi connectivity index (χ0) is 30.4. The van der Waals surface area contributed by atoms with E-state index in [0.717, 1.165) is 35.5 Å². The number of thioether (sulfide) groups is 2. The van der Waals surface area contributed by atoms with Crippen LogP contribution in [0, 0.1) is 12.7 Å². The molecule has 1 saturated heterocycles. The van der Waals surface area contributed by atoms with Gasteiger partial charge in [-0.25, -0.2) is 13.9 Å². The number of halogens is 4. The molecule has 0 atom stereocenters. The van der Waals surface area contributed by atoms with Gasteiger partial charge in [-0.05, 0) is 61.2 Å². The Hall–Kier alpha value is -3.45. The lowest BCUT2D eigenvalue weighted by Gasteiger charge is -2.28. The molecular weight excluding hydrogens is 602 g/mol. The molecule has 2 N–H and O–H groups in total. The Morgan fingerprint density at radius 2 is 1.91 bits per heavy atom. The van der Waals surface area contributed by atoms with Crippen molar-refractivity contribution < 1.29 is 27.1 Å². The summed E-state index contributed by atoms with van der Waals surface area (Å²) in [5, 5.41) is 10.9. The Labute approximate surface area is 254 Å². The molecule has 2 fully saturated rings. The number of hydrogen-bond acceptors (Lipinski definition) is 7. The molecule has 7 nitrogen and oxygen atoms in total. The van der Waals surface area contributed by atoms with Crippen LogP contribution in [0.3, 0.4) is 0 Å². The predicted molar refractivity (Wildman–Crippen MR) is 161 cm³/mol. The Bertz CT molecular complexity index is 1680. The van der Waals surface area contributed by atoms with Crippen molar-refractivity contribution in [1.29, 1.82) is 0 Å². The Balaban J connectivity index is 1.46. The van der Waals surface area contributed by atoms with Crippen LogP contribution in [0.15, 0.2) is 48.7 Å². The second-order valence-electron chi connectivity index (χ2n) is 10.6. The van der Waals surface area contributed by atoms with E-state index < -0.39 is 22.5 Å². The van der Waals surface area contributed by atoms with Crippen LogP contribution in [0.2, 0.25) is 0 Å². The summed E-state index contributed by atoms with van der Waals surface area (Å²) in [5.74, 6) is 1.03. The van der Waals surface area contributed by atoms with Crippen molar-refractivity contribution in [3.05, 3.63) is 76.9 Å². The van der Waals surface area contributed by atoms with Crippen molar-refractivity contribution in [3.8, 4) is 17.0 Å². The van der Waals surface area contributed by atoms with Crippen molar-refractivity contribution in [1.82, 2.24) is 19.9 Å². The van der Waals surface area contributed by atoms with E-state index in [9.17, 15) is 22.4 Å². The third-order valence-electron chi connectivity index (χ3n) is 7.43. The van der Waals surface area contributed by atoms with Gasteiger partial charge in [-0.1, -0.05) is 12.1 Å². The molecule has 1 saturated carbocycles. The van der Waals surface area contributed by atoms with Crippen molar-refractivity contribution in [2.24, 2.45) is 0 Å². The first-order valence-electron chi connectivity index (χ1n) is 13.8. The third-order valence-corrected chi connectivity index (χ3v) is 10.9. The average Bonchev–Trinajstić information content (AvgIpc) is 3.45. The summed E-state index contributed by atoms with van der Waals surface area (Å²) in [6.07, 6.45) is -1.76. The second-order valence-corrected chi connectivity index (χ2v) is 13.4. The fourth-order valence-electron chi connectivity index (χ4n) is 5.11. The topological polar surface area (TPSA) is 80.5 Å². The van der Waals surface area contributed by atoms with Crippen LogP contribution in [0.1, 0.15) is 46.4 Å². The fourth-order valence-corrected chi connectivity index (χ4v) is 8.27. The van der Waals surface area contributed by atoms with Crippen LogP contribution in [0.25, 0.3) is 16.9 Å². The summed E-state index contributed by atoms with van der Waals surface area (Å²) in [6.45, 7) is 1.51. The van der Waals surface area contributed by atoms with E-state index in [1.807, 2.05) is 19.1 Å². The minimum atomic E-state index is -4.33. The lowest BCUT2D eigenvalue weighted by molar-refractivity contribution is -0.131. The predicted octanol–water partition coefficient (Wildman–Crippen LogP) is 6.79. The Kier molecular flexibility index (Phi) is 7.97. The summed E-state index contributed by atoms with van der Waals surface area (Å²) < 4.78 is 60.0. The number of nitrogens with zero attached hydrogens (tertiary/aromatic N) is 3. The maximum Gasteiger partial charge on any atom is 0.390 e. The minimum absolute atomic E-state index is 0.117. The number of fused-ring (bicyclic) bond motifs is 1. The zero-order valence-electron chi connectivity index (χ0n) is 23.4. The van der Waals surface area contributed by atoms with Crippen LogP contribution in [0.4, 0.5) is 23.2 Å². The zero-order valence-corrected chi connectivity index (χ0v) is 25.1. The van der Waals surface area contributed by atoms with Gasteiger partial charge in [-0.3, -0.25) is 4.79 Å². The largest absolute Gasteiger partial charge is 0.494 e.